The minimum atomic E-state index is -1.26. The Morgan fingerprint density at radius 1 is 1.10 bits per heavy atom. The smallest absolute Gasteiger partial charge is 1.00 e. The zero-order valence-corrected chi connectivity index (χ0v) is 9.82. The van der Waals surface area contributed by atoms with Crippen LogP contribution in [0.3, 0.4) is 0 Å². The molecule has 0 radical (unpaired) electrons. The summed E-state index contributed by atoms with van der Waals surface area (Å²) in [5.74, 6) is -2.51. The SMILES string of the molecule is O=C(O)C=CC(=O)O.[H-].[Na+].[Zr]. The van der Waals surface area contributed by atoms with E-state index >= 15 is 0 Å². The van der Waals surface area contributed by atoms with Crippen LogP contribution in [-0.2, 0) is 35.8 Å². The molecule has 0 aromatic carbocycles. The predicted octanol–water partition coefficient (Wildman–Crippen LogP) is -3.17. The van der Waals surface area contributed by atoms with E-state index in [1.54, 1.807) is 0 Å². The molecule has 0 aromatic rings. The van der Waals surface area contributed by atoms with Crippen molar-refractivity contribution >= 4 is 11.9 Å². The zero-order valence-electron chi connectivity index (χ0n) is 6.37. The van der Waals surface area contributed by atoms with Crippen molar-refractivity contribution in [2.45, 2.75) is 0 Å². The van der Waals surface area contributed by atoms with Crippen molar-refractivity contribution in [1.29, 1.82) is 0 Å². The summed E-state index contributed by atoms with van der Waals surface area (Å²) in [6.07, 6.45) is 1.12. The minimum Gasteiger partial charge on any atom is -1.00 e. The van der Waals surface area contributed by atoms with E-state index in [-0.39, 0.29) is 57.2 Å². The molecule has 0 aromatic heterocycles. The van der Waals surface area contributed by atoms with E-state index in [0.29, 0.717) is 12.2 Å². The monoisotopic (exact) mass is 230 g/mol. The van der Waals surface area contributed by atoms with Crippen LogP contribution in [0.15, 0.2) is 12.2 Å². The van der Waals surface area contributed by atoms with E-state index in [9.17, 15) is 9.59 Å². The van der Waals surface area contributed by atoms with Gasteiger partial charge in [-0.15, -0.1) is 0 Å². The van der Waals surface area contributed by atoms with Gasteiger partial charge in [0.05, 0.1) is 0 Å². The predicted molar refractivity (Wildman–Crippen MR) is 25.5 cm³/mol. The number of hydrogen-bond acceptors (Lipinski definition) is 2. The van der Waals surface area contributed by atoms with Gasteiger partial charge < -0.3 is 11.6 Å². The number of carboxylic acids is 2. The number of aliphatic carboxylic acids is 2. The van der Waals surface area contributed by atoms with Crippen molar-refractivity contribution in [2.24, 2.45) is 0 Å². The summed E-state index contributed by atoms with van der Waals surface area (Å²) >= 11 is 0. The molecule has 0 heterocycles. The molecule has 0 unspecified atom stereocenters. The van der Waals surface area contributed by atoms with Crippen molar-refractivity contribution in [1.82, 2.24) is 0 Å². The van der Waals surface area contributed by atoms with Gasteiger partial charge in [0, 0.05) is 38.4 Å². The third kappa shape index (κ3) is 15.8. The molecule has 0 atom stereocenters. The standard InChI is InChI=1S/C4H4O4.Na.Zr.H/c5-3(6)1-2-4(7)8;;;/h1-2H,(H,5,6)(H,7,8);;;/q;+1;;-1. The van der Waals surface area contributed by atoms with Gasteiger partial charge in [-0.3, -0.25) is 0 Å². The summed E-state index contributed by atoms with van der Waals surface area (Å²) < 4.78 is 0. The quantitative estimate of drug-likeness (QED) is 0.388. The molecular weight excluding hydrogens is 226 g/mol. The van der Waals surface area contributed by atoms with Crippen LogP contribution in [0.2, 0.25) is 0 Å². The van der Waals surface area contributed by atoms with Crippen LogP contribution >= 0.6 is 0 Å². The van der Waals surface area contributed by atoms with E-state index in [1.807, 2.05) is 0 Å². The maximum atomic E-state index is 9.55. The Bertz CT molecular complexity index is 133. The molecule has 0 aliphatic heterocycles. The molecule has 0 aliphatic rings. The van der Waals surface area contributed by atoms with Crippen molar-refractivity contribution in [3.8, 4) is 0 Å². The Balaban J connectivity index is -0.0000000817. The molecule has 6 heteroatoms. The first kappa shape index (κ1) is 16.9. The third-order valence-electron chi connectivity index (χ3n) is 0.368. The summed E-state index contributed by atoms with van der Waals surface area (Å²) in [5, 5.41) is 15.6. The van der Waals surface area contributed by atoms with Crippen LogP contribution < -0.4 is 29.6 Å². The van der Waals surface area contributed by atoms with Gasteiger partial charge in [-0.2, -0.15) is 0 Å². The third-order valence-corrected chi connectivity index (χ3v) is 0.368. The normalized spacial score (nSPS) is 7.60. The summed E-state index contributed by atoms with van der Waals surface area (Å²) in [6, 6.07) is 0. The van der Waals surface area contributed by atoms with Gasteiger partial charge in [-0.05, 0) is 0 Å². The van der Waals surface area contributed by atoms with Gasteiger partial charge in [-0.1, -0.05) is 0 Å². The van der Waals surface area contributed by atoms with Crippen molar-refractivity contribution in [3.63, 3.8) is 0 Å². The van der Waals surface area contributed by atoms with Crippen LogP contribution in [0.5, 0.6) is 0 Å². The molecule has 0 amide bonds. The Morgan fingerprint density at radius 3 is 1.40 bits per heavy atom. The molecule has 0 saturated carbocycles. The topological polar surface area (TPSA) is 74.6 Å². The Morgan fingerprint density at radius 2 is 1.30 bits per heavy atom. The molecule has 2 N–H and O–H groups in total. The largest absolute Gasteiger partial charge is 1.00 e. The van der Waals surface area contributed by atoms with Gasteiger partial charge in [0.1, 0.15) is 0 Å². The molecule has 0 fully saturated rings. The van der Waals surface area contributed by atoms with Gasteiger partial charge in [0.15, 0.2) is 0 Å². The molecule has 0 bridgehead atoms. The van der Waals surface area contributed by atoms with Crippen LogP contribution in [0.1, 0.15) is 1.43 Å². The van der Waals surface area contributed by atoms with Gasteiger partial charge in [-0.25, -0.2) is 9.59 Å². The summed E-state index contributed by atoms with van der Waals surface area (Å²) in [4.78, 5) is 19.1. The van der Waals surface area contributed by atoms with Crippen LogP contribution in [-0.4, -0.2) is 22.2 Å². The molecule has 0 aliphatic carbocycles. The minimum absolute atomic E-state index is 0. The summed E-state index contributed by atoms with van der Waals surface area (Å²) in [6.45, 7) is 0. The van der Waals surface area contributed by atoms with Crippen molar-refractivity contribution < 1.29 is 77.0 Å². The maximum Gasteiger partial charge on any atom is 1.00 e. The second-order valence-electron chi connectivity index (χ2n) is 1.01. The van der Waals surface area contributed by atoms with E-state index in [4.69, 9.17) is 10.2 Å². The first-order chi connectivity index (χ1) is 3.63. The average Bonchev–Trinajstić information content (AvgIpc) is 1.61. The number of hydrogen-bond donors (Lipinski definition) is 2. The fourth-order valence-electron chi connectivity index (χ4n) is 0.143. The maximum absolute atomic E-state index is 9.55. The van der Waals surface area contributed by atoms with Crippen molar-refractivity contribution in [3.05, 3.63) is 12.2 Å². The number of carboxylic acid groups (broad SMARTS) is 2. The molecular formula is C4H5NaO4Zr. The van der Waals surface area contributed by atoms with E-state index in [2.05, 4.69) is 0 Å². The van der Waals surface area contributed by atoms with Crippen molar-refractivity contribution in [2.75, 3.05) is 0 Å². The molecule has 50 valence electrons. The Labute approximate surface area is 100 Å². The van der Waals surface area contributed by atoms with E-state index < -0.39 is 11.9 Å². The first-order valence-corrected chi connectivity index (χ1v) is 1.77. The second kappa shape index (κ2) is 9.56. The number of rotatable bonds is 2. The number of carbonyl (C=O) groups is 2. The zero-order chi connectivity index (χ0) is 6.57. The van der Waals surface area contributed by atoms with E-state index in [1.165, 1.54) is 0 Å². The average molecular weight is 231 g/mol. The molecule has 0 saturated heterocycles. The first-order valence-electron chi connectivity index (χ1n) is 1.77. The van der Waals surface area contributed by atoms with Gasteiger partial charge >= 0.3 is 41.5 Å². The Hall–Kier alpha value is 0.563. The fourth-order valence-corrected chi connectivity index (χ4v) is 0.143. The molecule has 4 nitrogen and oxygen atoms in total. The van der Waals surface area contributed by atoms with Crippen LogP contribution in [0, 0.1) is 0 Å². The van der Waals surface area contributed by atoms with Gasteiger partial charge in [0.2, 0.25) is 0 Å². The van der Waals surface area contributed by atoms with Gasteiger partial charge in [0.25, 0.3) is 0 Å². The van der Waals surface area contributed by atoms with Crippen LogP contribution in [0.25, 0.3) is 0 Å². The summed E-state index contributed by atoms with van der Waals surface area (Å²) in [7, 11) is 0. The molecule has 10 heavy (non-hydrogen) atoms. The van der Waals surface area contributed by atoms with E-state index in [0.717, 1.165) is 0 Å². The molecule has 0 rings (SSSR count). The van der Waals surface area contributed by atoms with Crippen LogP contribution in [0.4, 0.5) is 0 Å². The second-order valence-corrected chi connectivity index (χ2v) is 1.01. The molecule has 0 spiro atoms. The fraction of sp³-hybridized carbons (Fsp3) is 0. The Kier molecular flexibility index (Phi) is 16.2. The summed E-state index contributed by atoms with van der Waals surface area (Å²) in [5.41, 5.74) is 0.